The molecule has 5 nitrogen and oxygen atoms in total. The average molecular weight is 354 g/mol. The summed E-state index contributed by atoms with van der Waals surface area (Å²) >= 11 is 0. The predicted octanol–water partition coefficient (Wildman–Crippen LogP) is 3.78. The van der Waals surface area contributed by atoms with Crippen LogP contribution in [0.5, 0.6) is 0 Å². The summed E-state index contributed by atoms with van der Waals surface area (Å²) in [4.78, 5) is 22.3. The molecule has 1 saturated heterocycles. The molecule has 26 heavy (non-hydrogen) atoms. The number of hydrogen-bond acceptors (Lipinski definition) is 4. The Bertz CT molecular complexity index is 949. The molecule has 2 heterocycles. The average Bonchev–Trinajstić information content (AvgIpc) is 3.02. The van der Waals surface area contributed by atoms with Crippen molar-refractivity contribution < 1.29 is 13.6 Å². The SMILES string of the molecule is O=C1C(Nc2nc(C(F)F)nc3ccccc23)CCN1c1ccccc1. The van der Waals surface area contributed by atoms with E-state index < -0.39 is 18.3 Å². The highest BCUT2D eigenvalue weighted by molar-refractivity contribution is 6.02. The van der Waals surface area contributed by atoms with E-state index in [1.165, 1.54) is 0 Å². The molecule has 2 aromatic carbocycles. The number of anilines is 2. The van der Waals surface area contributed by atoms with Gasteiger partial charge in [-0.2, -0.15) is 0 Å². The number of carbonyl (C=O) groups excluding carboxylic acids is 1. The summed E-state index contributed by atoms with van der Waals surface area (Å²) in [6, 6.07) is 15.8. The number of aromatic nitrogens is 2. The van der Waals surface area contributed by atoms with Crippen molar-refractivity contribution >= 4 is 28.3 Å². The van der Waals surface area contributed by atoms with Gasteiger partial charge < -0.3 is 10.2 Å². The van der Waals surface area contributed by atoms with Crippen LogP contribution in [0, 0.1) is 0 Å². The number of carbonyl (C=O) groups is 1. The van der Waals surface area contributed by atoms with Crippen LogP contribution in [0.25, 0.3) is 10.9 Å². The molecule has 1 unspecified atom stereocenters. The number of amides is 1. The first-order valence-corrected chi connectivity index (χ1v) is 8.31. The summed E-state index contributed by atoms with van der Waals surface area (Å²) < 4.78 is 26.2. The Hall–Kier alpha value is -3.09. The second-order valence-corrected chi connectivity index (χ2v) is 6.06. The molecule has 1 atom stereocenters. The summed E-state index contributed by atoms with van der Waals surface area (Å²) in [6.45, 7) is 0.561. The maximum atomic E-state index is 13.1. The van der Waals surface area contributed by atoms with Crippen molar-refractivity contribution in [3.63, 3.8) is 0 Å². The van der Waals surface area contributed by atoms with Crippen LogP contribution in [-0.2, 0) is 4.79 Å². The molecule has 3 aromatic rings. The monoisotopic (exact) mass is 354 g/mol. The van der Waals surface area contributed by atoms with Crippen LogP contribution >= 0.6 is 0 Å². The number of alkyl halides is 2. The maximum absolute atomic E-state index is 13.1. The molecule has 0 saturated carbocycles. The molecule has 4 rings (SSSR count). The van der Waals surface area contributed by atoms with Gasteiger partial charge >= 0.3 is 0 Å². The highest BCUT2D eigenvalue weighted by Gasteiger charge is 2.33. The molecule has 0 radical (unpaired) electrons. The Morgan fingerprint density at radius 3 is 2.54 bits per heavy atom. The van der Waals surface area contributed by atoms with Crippen LogP contribution in [0.1, 0.15) is 18.7 Å². The quantitative estimate of drug-likeness (QED) is 0.775. The molecule has 1 aromatic heterocycles. The minimum atomic E-state index is -2.78. The number of halogens is 2. The van der Waals surface area contributed by atoms with Crippen molar-refractivity contribution in [2.75, 3.05) is 16.8 Å². The zero-order chi connectivity index (χ0) is 18.1. The first-order chi connectivity index (χ1) is 12.6. The lowest BCUT2D eigenvalue weighted by Crippen LogP contribution is -2.33. The van der Waals surface area contributed by atoms with E-state index in [9.17, 15) is 13.6 Å². The maximum Gasteiger partial charge on any atom is 0.297 e. The third kappa shape index (κ3) is 2.96. The first-order valence-electron chi connectivity index (χ1n) is 8.31. The molecule has 132 valence electrons. The number of rotatable bonds is 4. The minimum Gasteiger partial charge on any atom is -0.358 e. The summed E-state index contributed by atoms with van der Waals surface area (Å²) in [5.41, 5.74) is 1.24. The summed E-state index contributed by atoms with van der Waals surface area (Å²) in [6.07, 6.45) is -2.21. The lowest BCUT2D eigenvalue weighted by atomic mass is 10.2. The number of benzene rings is 2. The van der Waals surface area contributed by atoms with E-state index in [4.69, 9.17) is 0 Å². The molecule has 1 aliphatic rings. The Balaban J connectivity index is 1.64. The normalized spacial score (nSPS) is 17.3. The van der Waals surface area contributed by atoms with Crippen LogP contribution < -0.4 is 10.2 Å². The van der Waals surface area contributed by atoms with E-state index >= 15 is 0 Å². The molecule has 1 amide bonds. The van der Waals surface area contributed by atoms with E-state index in [0.717, 1.165) is 5.69 Å². The molecule has 1 N–H and O–H groups in total. The van der Waals surface area contributed by atoms with Crippen LogP contribution in [0.3, 0.4) is 0 Å². The third-order valence-electron chi connectivity index (χ3n) is 4.40. The Labute approximate surface area is 148 Å². The molecule has 0 bridgehead atoms. The highest BCUT2D eigenvalue weighted by Crippen LogP contribution is 2.28. The van der Waals surface area contributed by atoms with Crippen molar-refractivity contribution in [2.45, 2.75) is 18.9 Å². The van der Waals surface area contributed by atoms with Gasteiger partial charge in [-0.1, -0.05) is 30.3 Å². The van der Waals surface area contributed by atoms with Gasteiger partial charge in [0.25, 0.3) is 6.43 Å². The van der Waals surface area contributed by atoms with Gasteiger partial charge in [0, 0.05) is 17.6 Å². The Kier molecular flexibility index (Phi) is 4.20. The second kappa shape index (κ2) is 6.67. The molecular formula is C19H16F2N4O. The fourth-order valence-electron chi connectivity index (χ4n) is 3.15. The molecule has 0 aliphatic carbocycles. The molecule has 1 fully saturated rings. The van der Waals surface area contributed by atoms with Crippen molar-refractivity contribution in [2.24, 2.45) is 0 Å². The van der Waals surface area contributed by atoms with E-state index in [2.05, 4.69) is 15.3 Å². The molecule has 7 heteroatoms. The lowest BCUT2D eigenvalue weighted by Gasteiger charge is -2.18. The van der Waals surface area contributed by atoms with Crippen LogP contribution in [0.15, 0.2) is 54.6 Å². The summed E-state index contributed by atoms with van der Waals surface area (Å²) in [7, 11) is 0. The van der Waals surface area contributed by atoms with Gasteiger partial charge in [0.1, 0.15) is 11.9 Å². The highest BCUT2D eigenvalue weighted by atomic mass is 19.3. The van der Waals surface area contributed by atoms with Crippen LogP contribution in [0.2, 0.25) is 0 Å². The van der Waals surface area contributed by atoms with Gasteiger partial charge in [0.05, 0.1) is 5.52 Å². The largest absolute Gasteiger partial charge is 0.358 e. The van der Waals surface area contributed by atoms with Crippen LogP contribution in [-0.4, -0.2) is 28.5 Å². The Morgan fingerprint density at radius 1 is 1.04 bits per heavy atom. The minimum absolute atomic E-state index is 0.0995. The number of nitrogens with one attached hydrogen (secondary N) is 1. The Morgan fingerprint density at radius 2 is 1.77 bits per heavy atom. The van der Waals surface area contributed by atoms with E-state index in [1.54, 1.807) is 29.2 Å². The van der Waals surface area contributed by atoms with Crippen molar-refractivity contribution in [3.05, 3.63) is 60.4 Å². The first kappa shape index (κ1) is 16.4. The summed E-state index contributed by atoms with van der Waals surface area (Å²) in [5, 5.41) is 3.67. The van der Waals surface area contributed by atoms with Gasteiger partial charge in [-0.3, -0.25) is 4.79 Å². The third-order valence-corrected chi connectivity index (χ3v) is 4.40. The number of fused-ring (bicyclic) bond motifs is 1. The van der Waals surface area contributed by atoms with Crippen molar-refractivity contribution in [1.82, 2.24) is 9.97 Å². The fourth-order valence-corrected chi connectivity index (χ4v) is 3.15. The van der Waals surface area contributed by atoms with Crippen molar-refractivity contribution in [3.8, 4) is 0 Å². The second-order valence-electron chi connectivity index (χ2n) is 6.06. The predicted molar refractivity (Wildman–Crippen MR) is 95.3 cm³/mol. The fraction of sp³-hybridized carbons (Fsp3) is 0.211. The number of nitrogens with zero attached hydrogens (tertiary/aromatic N) is 3. The van der Waals surface area contributed by atoms with E-state index in [0.29, 0.717) is 23.9 Å². The topological polar surface area (TPSA) is 58.1 Å². The molecule has 0 spiro atoms. The lowest BCUT2D eigenvalue weighted by molar-refractivity contribution is -0.117. The van der Waals surface area contributed by atoms with Crippen LogP contribution in [0.4, 0.5) is 20.3 Å². The van der Waals surface area contributed by atoms with Gasteiger partial charge in [0.2, 0.25) is 5.91 Å². The van der Waals surface area contributed by atoms with Gasteiger partial charge in [-0.05, 0) is 30.7 Å². The van der Waals surface area contributed by atoms with Crippen molar-refractivity contribution in [1.29, 1.82) is 0 Å². The standard InChI is InChI=1S/C19H16F2N4O/c20-16(21)18-22-14-9-5-4-8-13(14)17(24-18)23-15-10-11-25(19(15)26)12-6-2-1-3-7-12/h1-9,15-16H,10-11H2,(H,22,23,24). The van der Waals surface area contributed by atoms with Gasteiger partial charge in [0.15, 0.2) is 5.82 Å². The zero-order valence-electron chi connectivity index (χ0n) is 13.8. The van der Waals surface area contributed by atoms with E-state index in [-0.39, 0.29) is 11.7 Å². The number of para-hydroxylation sites is 2. The van der Waals surface area contributed by atoms with E-state index in [1.807, 2.05) is 30.3 Å². The summed E-state index contributed by atoms with van der Waals surface area (Å²) in [5.74, 6) is -0.381. The molecular weight excluding hydrogens is 338 g/mol. The number of hydrogen-bond donors (Lipinski definition) is 1. The smallest absolute Gasteiger partial charge is 0.297 e. The van der Waals surface area contributed by atoms with Gasteiger partial charge in [-0.25, -0.2) is 18.7 Å². The molecule has 1 aliphatic heterocycles. The van der Waals surface area contributed by atoms with Gasteiger partial charge in [-0.15, -0.1) is 0 Å². The zero-order valence-corrected chi connectivity index (χ0v) is 13.8.